The Hall–Kier alpha value is -2.31. The van der Waals surface area contributed by atoms with E-state index in [0.29, 0.717) is 11.4 Å². The number of aromatic nitrogens is 1. The van der Waals surface area contributed by atoms with Gasteiger partial charge >= 0.3 is 0 Å². The van der Waals surface area contributed by atoms with Gasteiger partial charge in [-0.1, -0.05) is 42.5 Å². The first-order valence-corrected chi connectivity index (χ1v) is 10.8. The quantitative estimate of drug-likeness (QED) is 0.742. The van der Waals surface area contributed by atoms with Crippen molar-refractivity contribution in [2.24, 2.45) is 0 Å². The molecule has 0 radical (unpaired) electrons. The number of nitrogens with zero attached hydrogens (tertiary/aromatic N) is 1. The highest BCUT2D eigenvalue weighted by Crippen LogP contribution is 2.34. The first-order chi connectivity index (χ1) is 12.5. The van der Waals surface area contributed by atoms with Crippen LogP contribution in [-0.4, -0.2) is 45.8 Å². The van der Waals surface area contributed by atoms with Gasteiger partial charge in [-0.15, -0.1) is 0 Å². The lowest BCUT2D eigenvalue weighted by molar-refractivity contribution is 0.590. The fourth-order valence-corrected chi connectivity index (χ4v) is 4.61. The molecule has 2 aromatic carbocycles. The second kappa shape index (κ2) is 6.78. The average Bonchev–Trinajstić information content (AvgIpc) is 3.02. The van der Waals surface area contributed by atoms with E-state index in [-0.39, 0.29) is 0 Å². The van der Waals surface area contributed by atoms with Crippen LogP contribution in [0.1, 0.15) is 11.1 Å². The number of hydrogen-bond donors (Lipinski definition) is 2. The monoisotopic (exact) mass is 369 g/mol. The van der Waals surface area contributed by atoms with Crippen molar-refractivity contribution >= 4 is 26.4 Å². The van der Waals surface area contributed by atoms with E-state index in [1.807, 2.05) is 42.5 Å². The molecule has 5 nitrogen and oxygen atoms in total. The molecule has 1 fully saturated rings. The zero-order valence-corrected chi connectivity index (χ0v) is 15.6. The Morgan fingerprint density at radius 3 is 2.42 bits per heavy atom. The zero-order chi connectivity index (χ0) is 18.1. The molecule has 0 saturated carbocycles. The van der Waals surface area contributed by atoms with Crippen LogP contribution in [0, 0.1) is 0 Å². The Morgan fingerprint density at radius 1 is 1.00 bits per heavy atom. The minimum absolute atomic E-state index is 0.332. The van der Waals surface area contributed by atoms with Gasteiger partial charge in [0, 0.05) is 49.8 Å². The molecule has 1 saturated heterocycles. The summed E-state index contributed by atoms with van der Waals surface area (Å²) in [7, 11) is -3.35. The lowest BCUT2D eigenvalue weighted by atomic mass is 10.0. The maximum atomic E-state index is 12.4. The lowest BCUT2D eigenvalue weighted by Gasteiger charge is -2.29. The second-order valence-electron chi connectivity index (χ2n) is 6.80. The number of para-hydroxylation sites is 1. The predicted molar refractivity (Wildman–Crippen MR) is 106 cm³/mol. The van der Waals surface area contributed by atoms with Gasteiger partial charge in [-0.05, 0) is 11.6 Å². The Bertz CT molecular complexity index is 1020. The topological polar surface area (TPSA) is 65.2 Å². The Morgan fingerprint density at radius 2 is 1.73 bits per heavy atom. The van der Waals surface area contributed by atoms with Gasteiger partial charge in [-0.25, -0.2) is 8.42 Å². The molecular formula is C20H23N3O2S. The highest BCUT2D eigenvalue weighted by Gasteiger charge is 2.23. The molecule has 6 heteroatoms. The van der Waals surface area contributed by atoms with Gasteiger partial charge in [0.2, 0.25) is 0 Å². The van der Waals surface area contributed by atoms with Gasteiger partial charge < -0.3 is 15.2 Å². The third kappa shape index (κ3) is 3.22. The third-order valence-corrected chi connectivity index (χ3v) is 6.02. The summed E-state index contributed by atoms with van der Waals surface area (Å²) in [5.41, 5.74) is 3.95. The van der Waals surface area contributed by atoms with Crippen molar-refractivity contribution in [3.8, 4) is 0 Å². The molecule has 1 aliphatic rings. The minimum Gasteiger partial charge on any atom is -0.367 e. The van der Waals surface area contributed by atoms with Crippen LogP contribution in [0.3, 0.4) is 0 Å². The van der Waals surface area contributed by atoms with Crippen LogP contribution in [0.2, 0.25) is 0 Å². The Kier molecular flexibility index (Phi) is 4.46. The molecule has 0 spiro atoms. The van der Waals surface area contributed by atoms with Crippen molar-refractivity contribution in [3.05, 3.63) is 59.7 Å². The summed E-state index contributed by atoms with van der Waals surface area (Å²) in [5, 5.41) is 4.68. The molecule has 2 N–H and O–H groups in total. The molecule has 0 bridgehead atoms. The number of rotatable bonds is 4. The van der Waals surface area contributed by atoms with E-state index < -0.39 is 9.84 Å². The first kappa shape index (κ1) is 17.1. The third-order valence-electron chi connectivity index (χ3n) is 4.93. The van der Waals surface area contributed by atoms with Crippen LogP contribution in [0.15, 0.2) is 53.6 Å². The molecule has 0 aliphatic carbocycles. The van der Waals surface area contributed by atoms with Crippen molar-refractivity contribution < 1.29 is 8.42 Å². The number of sulfone groups is 1. The van der Waals surface area contributed by atoms with Gasteiger partial charge in [0.25, 0.3) is 0 Å². The van der Waals surface area contributed by atoms with Gasteiger partial charge in [-0.2, -0.15) is 0 Å². The molecule has 0 atom stereocenters. The van der Waals surface area contributed by atoms with Crippen molar-refractivity contribution in [1.29, 1.82) is 0 Å². The van der Waals surface area contributed by atoms with Gasteiger partial charge in [0.05, 0.1) is 11.2 Å². The van der Waals surface area contributed by atoms with Crippen LogP contribution < -0.4 is 10.2 Å². The summed E-state index contributed by atoms with van der Waals surface area (Å²) in [6.45, 7) is 3.71. The number of aromatic amines is 1. The fourth-order valence-electron chi connectivity index (χ4n) is 3.70. The molecule has 1 aromatic heterocycles. The van der Waals surface area contributed by atoms with Crippen molar-refractivity contribution in [1.82, 2.24) is 10.3 Å². The van der Waals surface area contributed by atoms with Gasteiger partial charge in [0.15, 0.2) is 9.84 Å². The number of hydrogen-bond acceptors (Lipinski definition) is 4. The van der Waals surface area contributed by atoms with Crippen LogP contribution in [0.5, 0.6) is 0 Å². The molecule has 0 unspecified atom stereocenters. The van der Waals surface area contributed by atoms with E-state index in [1.54, 1.807) is 0 Å². The fraction of sp³-hybridized carbons (Fsp3) is 0.300. The molecule has 136 valence electrons. The molecular weight excluding hydrogens is 346 g/mol. The average molecular weight is 369 g/mol. The molecule has 0 amide bonds. The van der Waals surface area contributed by atoms with Gasteiger partial charge in [0.1, 0.15) is 5.03 Å². The summed E-state index contributed by atoms with van der Waals surface area (Å²) >= 11 is 0. The van der Waals surface area contributed by atoms with E-state index in [2.05, 4.69) is 21.3 Å². The van der Waals surface area contributed by atoms with Gasteiger partial charge in [-0.3, -0.25) is 0 Å². The Labute approximate surface area is 153 Å². The van der Waals surface area contributed by atoms with Crippen LogP contribution >= 0.6 is 0 Å². The number of nitrogens with one attached hydrogen (secondary N) is 2. The predicted octanol–water partition coefficient (Wildman–Crippen LogP) is 2.57. The van der Waals surface area contributed by atoms with E-state index >= 15 is 0 Å². The summed E-state index contributed by atoms with van der Waals surface area (Å²) in [4.78, 5) is 5.55. The van der Waals surface area contributed by atoms with Crippen LogP contribution in [-0.2, 0) is 16.3 Å². The zero-order valence-electron chi connectivity index (χ0n) is 14.8. The van der Waals surface area contributed by atoms with E-state index in [1.165, 1.54) is 6.26 Å². The summed E-state index contributed by atoms with van der Waals surface area (Å²) in [6, 6.07) is 16.1. The molecule has 4 rings (SSSR count). The summed E-state index contributed by atoms with van der Waals surface area (Å²) in [5.74, 6) is 0. The maximum absolute atomic E-state index is 12.4. The van der Waals surface area contributed by atoms with Crippen molar-refractivity contribution in [2.75, 3.05) is 37.3 Å². The number of piperazine rings is 1. The van der Waals surface area contributed by atoms with Crippen LogP contribution in [0.25, 0.3) is 10.9 Å². The number of H-pyrrole nitrogens is 1. The normalized spacial score (nSPS) is 15.5. The number of anilines is 1. The molecule has 26 heavy (non-hydrogen) atoms. The van der Waals surface area contributed by atoms with E-state index in [0.717, 1.165) is 53.9 Å². The second-order valence-corrected chi connectivity index (χ2v) is 8.76. The standard InChI is InChI=1S/C20H23N3O2S/c1-26(24,25)20-17(14-15-6-3-2-4-7-15)16-8-5-9-18(19(16)22-20)23-12-10-21-11-13-23/h2-9,21-22H,10-14H2,1H3. The van der Waals surface area contributed by atoms with E-state index in [4.69, 9.17) is 0 Å². The SMILES string of the molecule is CS(=O)(=O)c1[nH]c2c(N3CCNCC3)cccc2c1Cc1ccccc1. The first-order valence-electron chi connectivity index (χ1n) is 8.87. The molecule has 2 heterocycles. The molecule has 1 aliphatic heterocycles. The van der Waals surface area contributed by atoms with E-state index in [9.17, 15) is 8.42 Å². The summed E-state index contributed by atoms with van der Waals surface area (Å²) in [6.07, 6.45) is 1.87. The number of benzene rings is 2. The van der Waals surface area contributed by atoms with Crippen molar-refractivity contribution in [3.63, 3.8) is 0 Å². The highest BCUT2D eigenvalue weighted by molar-refractivity contribution is 7.90. The number of fused-ring (bicyclic) bond motifs is 1. The maximum Gasteiger partial charge on any atom is 0.191 e. The molecule has 3 aromatic rings. The minimum atomic E-state index is -3.35. The largest absolute Gasteiger partial charge is 0.367 e. The summed E-state index contributed by atoms with van der Waals surface area (Å²) < 4.78 is 24.9. The smallest absolute Gasteiger partial charge is 0.191 e. The van der Waals surface area contributed by atoms with Crippen molar-refractivity contribution in [2.45, 2.75) is 11.4 Å². The Balaban J connectivity index is 1.88. The van der Waals surface area contributed by atoms with Crippen LogP contribution in [0.4, 0.5) is 5.69 Å². The highest BCUT2D eigenvalue weighted by atomic mass is 32.2. The lowest BCUT2D eigenvalue weighted by Crippen LogP contribution is -2.43.